The molecule has 1 unspecified atom stereocenters. The molecule has 2 bridgehead atoms. The molecule has 1 aromatic carbocycles. The predicted molar refractivity (Wildman–Crippen MR) is 111 cm³/mol. The van der Waals surface area contributed by atoms with E-state index in [1.165, 1.54) is 28.1 Å². The first-order valence-electron chi connectivity index (χ1n) is 9.49. The summed E-state index contributed by atoms with van der Waals surface area (Å²) in [6.45, 7) is 6.52. The van der Waals surface area contributed by atoms with Crippen LogP contribution in [0.1, 0.15) is 51.2 Å². The monoisotopic (exact) mass is 348 g/mol. The highest BCUT2D eigenvalue weighted by Gasteiger charge is 2.23. The van der Waals surface area contributed by atoms with Crippen LogP contribution >= 0.6 is 0 Å². The lowest BCUT2D eigenvalue weighted by Gasteiger charge is -2.14. The van der Waals surface area contributed by atoms with E-state index in [-0.39, 0.29) is 12.6 Å². The highest BCUT2D eigenvalue weighted by Crippen LogP contribution is 2.30. The van der Waals surface area contributed by atoms with E-state index in [0.717, 1.165) is 37.0 Å². The maximum Gasteiger partial charge on any atom is 0.0717 e. The smallest absolute Gasteiger partial charge is 0.0717 e. The Morgan fingerprint density at radius 2 is 1.96 bits per heavy atom. The van der Waals surface area contributed by atoms with Crippen molar-refractivity contribution >= 4 is 17.5 Å². The lowest BCUT2D eigenvalue weighted by atomic mass is 9.95. The van der Waals surface area contributed by atoms with Crippen molar-refractivity contribution in [3.8, 4) is 0 Å². The Morgan fingerprint density at radius 3 is 2.65 bits per heavy atom. The summed E-state index contributed by atoms with van der Waals surface area (Å²) in [5, 5.41) is 8.90. The molecule has 0 radical (unpaired) electrons. The molecule has 2 aliphatic rings. The van der Waals surface area contributed by atoms with Crippen LogP contribution in [-0.4, -0.2) is 29.2 Å². The summed E-state index contributed by atoms with van der Waals surface area (Å²) in [5.74, 6) is 0. The van der Waals surface area contributed by atoms with Gasteiger partial charge in [0.05, 0.1) is 12.6 Å². The first kappa shape index (κ1) is 18.5. The van der Waals surface area contributed by atoms with E-state index in [0.29, 0.717) is 0 Å². The molecule has 1 aromatic rings. The second-order valence-corrected chi connectivity index (χ2v) is 7.05. The lowest BCUT2D eigenvalue weighted by Crippen LogP contribution is -2.11. The fourth-order valence-electron chi connectivity index (χ4n) is 3.69. The first-order chi connectivity index (χ1) is 12.6. The van der Waals surface area contributed by atoms with E-state index in [4.69, 9.17) is 15.1 Å². The van der Waals surface area contributed by atoms with Crippen LogP contribution in [0.4, 0.5) is 0 Å². The molecule has 3 nitrogen and oxygen atoms in total. The van der Waals surface area contributed by atoms with Crippen LogP contribution in [0.5, 0.6) is 0 Å². The number of benzene rings is 1. The predicted octanol–water partition coefficient (Wildman–Crippen LogP) is 4.92. The average molecular weight is 348 g/mol. The van der Waals surface area contributed by atoms with Crippen molar-refractivity contribution in [3.05, 3.63) is 64.4 Å². The minimum absolute atomic E-state index is 0.0697. The molecule has 1 N–H and O–H groups in total. The molecule has 0 spiro atoms. The number of rotatable bonds is 5. The topological polar surface area (TPSA) is 45.0 Å². The van der Waals surface area contributed by atoms with Crippen LogP contribution in [0.15, 0.2) is 63.2 Å². The molecule has 0 fully saturated rings. The number of allylic oxidation sites excluding steroid dienone is 3. The molecule has 1 atom stereocenters. The van der Waals surface area contributed by atoms with Gasteiger partial charge in [0.15, 0.2) is 0 Å². The van der Waals surface area contributed by atoms with Gasteiger partial charge in [-0.3, -0.25) is 9.98 Å². The van der Waals surface area contributed by atoms with Gasteiger partial charge in [0, 0.05) is 23.5 Å². The summed E-state index contributed by atoms with van der Waals surface area (Å²) in [4.78, 5) is 10.0. The zero-order chi connectivity index (χ0) is 18.5. The molecular formula is C23H28N2O. The van der Waals surface area contributed by atoms with Crippen LogP contribution in [-0.2, 0) is 6.42 Å². The second-order valence-electron chi connectivity index (χ2n) is 7.05. The van der Waals surface area contributed by atoms with Crippen molar-refractivity contribution in [1.82, 2.24) is 0 Å². The van der Waals surface area contributed by atoms with Crippen molar-refractivity contribution in [2.45, 2.75) is 52.5 Å². The van der Waals surface area contributed by atoms with Crippen LogP contribution in [0, 0.1) is 0 Å². The Hall–Kier alpha value is -2.26. The fraction of sp³-hybridized carbons (Fsp3) is 0.391. The minimum Gasteiger partial charge on any atom is -0.392 e. The number of aliphatic hydroxyl groups excluding tert-OH is 1. The quantitative estimate of drug-likeness (QED) is 0.806. The van der Waals surface area contributed by atoms with Crippen LogP contribution in [0.3, 0.4) is 0 Å². The lowest BCUT2D eigenvalue weighted by molar-refractivity contribution is 0.343. The highest BCUT2D eigenvalue weighted by molar-refractivity contribution is 6.03. The minimum atomic E-state index is 0.0697. The van der Waals surface area contributed by atoms with Gasteiger partial charge in [-0.1, -0.05) is 43.3 Å². The summed E-state index contributed by atoms with van der Waals surface area (Å²) >= 11 is 0. The Morgan fingerprint density at radius 1 is 1.19 bits per heavy atom. The molecule has 0 saturated heterocycles. The highest BCUT2D eigenvalue weighted by atomic mass is 16.2. The number of aliphatic hydroxyl groups is 1. The van der Waals surface area contributed by atoms with Crippen molar-refractivity contribution < 1.29 is 5.11 Å². The first-order valence-corrected chi connectivity index (χ1v) is 9.49. The standard InChI is InChI=1S/C23H28N2O/c1-4-21-20(15-19-9-7-18(8-10-19)6-5-13-26)23-12-11-22(25-21)16(2)14-17(3)24-23/h5-10,14,22,26H,4,11-13,15H2,1-3H3. The van der Waals surface area contributed by atoms with E-state index in [9.17, 15) is 0 Å². The molecule has 0 amide bonds. The Bertz CT molecular complexity index is 807. The normalized spacial score (nSPS) is 20.5. The fourth-order valence-corrected chi connectivity index (χ4v) is 3.69. The number of hydrogen-bond acceptors (Lipinski definition) is 3. The average Bonchev–Trinajstić information content (AvgIpc) is 2.78. The van der Waals surface area contributed by atoms with Crippen molar-refractivity contribution in [3.63, 3.8) is 0 Å². The van der Waals surface area contributed by atoms with Gasteiger partial charge >= 0.3 is 0 Å². The third-order valence-corrected chi connectivity index (χ3v) is 5.05. The molecular weight excluding hydrogens is 320 g/mol. The van der Waals surface area contributed by atoms with Crippen molar-refractivity contribution in [2.24, 2.45) is 9.98 Å². The molecule has 3 heteroatoms. The van der Waals surface area contributed by atoms with Crippen LogP contribution in [0.25, 0.3) is 6.08 Å². The number of hydrogen-bond donors (Lipinski definition) is 1. The van der Waals surface area contributed by atoms with Crippen molar-refractivity contribution in [1.29, 1.82) is 0 Å². The van der Waals surface area contributed by atoms with E-state index in [1.54, 1.807) is 6.08 Å². The van der Waals surface area contributed by atoms with Crippen molar-refractivity contribution in [2.75, 3.05) is 6.61 Å². The van der Waals surface area contributed by atoms with Gasteiger partial charge in [-0.2, -0.15) is 0 Å². The third kappa shape index (κ3) is 4.28. The molecule has 0 aromatic heterocycles. The summed E-state index contributed by atoms with van der Waals surface area (Å²) in [7, 11) is 0. The SMILES string of the molecule is CCC1=NC2CCC(=C1Cc1ccc(C=CCO)cc1)N=C(C)C=C2C. The molecule has 2 heterocycles. The van der Waals surface area contributed by atoms with Gasteiger partial charge in [-0.05, 0) is 61.5 Å². The molecule has 3 rings (SSSR count). The van der Waals surface area contributed by atoms with Gasteiger partial charge in [-0.25, -0.2) is 0 Å². The van der Waals surface area contributed by atoms with Gasteiger partial charge in [0.25, 0.3) is 0 Å². The number of fused-ring (bicyclic) bond motifs is 3. The Kier molecular flexibility index (Phi) is 6.00. The van der Waals surface area contributed by atoms with Gasteiger partial charge in [0.2, 0.25) is 0 Å². The Balaban J connectivity index is 1.95. The summed E-state index contributed by atoms with van der Waals surface area (Å²) < 4.78 is 0. The molecule has 0 saturated carbocycles. The largest absolute Gasteiger partial charge is 0.392 e. The molecule has 2 aliphatic heterocycles. The summed E-state index contributed by atoms with van der Waals surface area (Å²) in [6.07, 6.45) is 9.73. The zero-order valence-corrected chi connectivity index (χ0v) is 16.0. The van der Waals surface area contributed by atoms with E-state index in [1.807, 2.05) is 6.08 Å². The van der Waals surface area contributed by atoms with Gasteiger partial charge < -0.3 is 5.11 Å². The molecule has 0 aliphatic carbocycles. The maximum atomic E-state index is 8.90. The number of aliphatic imine (C=N–C) groups is 2. The zero-order valence-electron chi connectivity index (χ0n) is 16.0. The van der Waals surface area contributed by atoms with Gasteiger partial charge in [0.1, 0.15) is 0 Å². The van der Waals surface area contributed by atoms with E-state index < -0.39 is 0 Å². The molecule has 136 valence electrons. The van der Waals surface area contributed by atoms with Crippen LogP contribution < -0.4 is 0 Å². The summed E-state index contributed by atoms with van der Waals surface area (Å²) in [6, 6.07) is 8.81. The second kappa shape index (κ2) is 8.41. The van der Waals surface area contributed by atoms with Gasteiger partial charge in [-0.15, -0.1) is 0 Å². The Labute approximate surface area is 156 Å². The maximum absolute atomic E-state index is 8.90. The summed E-state index contributed by atoms with van der Waals surface area (Å²) in [5.41, 5.74) is 8.49. The molecule has 26 heavy (non-hydrogen) atoms. The number of nitrogens with zero attached hydrogens (tertiary/aromatic N) is 2. The van der Waals surface area contributed by atoms with E-state index in [2.05, 4.69) is 51.1 Å². The van der Waals surface area contributed by atoms with Crippen LogP contribution in [0.2, 0.25) is 0 Å². The third-order valence-electron chi connectivity index (χ3n) is 5.05. The van der Waals surface area contributed by atoms with E-state index >= 15 is 0 Å².